The monoisotopic (exact) mass is 245 g/mol. The van der Waals surface area contributed by atoms with Gasteiger partial charge >= 0.3 is 6.98 Å². The summed E-state index contributed by atoms with van der Waals surface area (Å²) in [5.74, 6) is 0. The topological polar surface area (TPSA) is 40.6 Å². The van der Waals surface area contributed by atoms with Gasteiger partial charge < -0.3 is 17.8 Å². The van der Waals surface area contributed by atoms with Crippen molar-refractivity contribution >= 4 is 17.0 Å². The molecule has 0 spiro atoms. The van der Waals surface area contributed by atoms with Gasteiger partial charge in [0.1, 0.15) is 0 Å². The second-order valence-electron chi connectivity index (χ2n) is 3.67. The van der Waals surface area contributed by atoms with Gasteiger partial charge in [-0.25, -0.2) is 8.42 Å². The number of hydrogen-bond acceptors (Lipinski definition) is 3. The molecule has 9 heteroatoms. The molecule has 0 atom stereocenters. The molecule has 1 heterocycles. The Hall–Kier alpha value is -0.275. The molecule has 0 unspecified atom stereocenters. The summed E-state index contributed by atoms with van der Waals surface area (Å²) >= 11 is 0. The molecule has 0 N–H and O–H groups in total. The molecule has 0 aromatic carbocycles. The molecule has 0 aromatic rings. The van der Waals surface area contributed by atoms with Crippen LogP contribution in [0.5, 0.6) is 0 Å². The molecular weight excluding hydrogens is 232 g/mol. The van der Waals surface area contributed by atoms with E-state index in [0.29, 0.717) is 0 Å². The first-order chi connectivity index (χ1) is 6.68. The average molecular weight is 245 g/mol. The average Bonchev–Trinajstić information content (AvgIpc) is 2.00. The highest BCUT2D eigenvalue weighted by Gasteiger charge is 2.30. The van der Waals surface area contributed by atoms with Crippen molar-refractivity contribution in [2.75, 3.05) is 38.9 Å². The Kier molecular flexibility index (Phi) is 3.67. The van der Waals surface area contributed by atoms with Crippen molar-refractivity contribution < 1.29 is 21.4 Å². The SMILES string of the molecule is CS(=O)(=O)N1CCN(C[B-](F)(F)F)CC1. The van der Waals surface area contributed by atoms with E-state index in [2.05, 4.69) is 0 Å². The van der Waals surface area contributed by atoms with E-state index in [4.69, 9.17) is 0 Å². The molecule has 15 heavy (non-hydrogen) atoms. The van der Waals surface area contributed by atoms with E-state index in [1.165, 1.54) is 9.21 Å². The van der Waals surface area contributed by atoms with Crippen LogP contribution in [-0.4, -0.2) is 63.5 Å². The van der Waals surface area contributed by atoms with Gasteiger partial charge in [0.05, 0.1) is 6.26 Å². The molecule has 0 aliphatic carbocycles. The van der Waals surface area contributed by atoms with Gasteiger partial charge in [-0.1, -0.05) is 0 Å². The fraction of sp³-hybridized carbons (Fsp3) is 1.00. The molecule has 4 nitrogen and oxygen atoms in total. The van der Waals surface area contributed by atoms with Crippen molar-refractivity contribution in [1.29, 1.82) is 0 Å². The molecule has 0 bridgehead atoms. The summed E-state index contributed by atoms with van der Waals surface area (Å²) < 4.78 is 59.5. The third-order valence-corrected chi connectivity index (χ3v) is 3.57. The van der Waals surface area contributed by atoms with Gasteiger partial charge in [-0.2, -0.15) is 4.31 Å². The van der Waals surface area contributed by atoms with Crippen LogP contribution in [0.4, 0.5) is 12.9 Å². The van der Waals surface area contributed by atoms with Crippen LogP contribution in [0.25, 0.3) is 0 Å². The largest absolute Gasteiger partial charge is 0.492 e. The second-order valence-corrected chi connectivity index (χ2v) is 5.66. The van der Waals surface area contributed by atoms with Crippen molar-refractivity contribution in [1.82, 2.24) is 9.21 Å². The maximum absolute atomic E-state index is 12.1. The Bertz CT molecular complexity index is 311. The van der Waals surface area contributed by atoms with Crippen LogP contribution in [0.1, 0.15) is 0 Å². The summed E-state index contributed by atoms with van der Waals surface area (Å²) in [6.07, 6.45) is 0.161. The number of piperazine rings is 1. The summed E-state index contributed by atoms with van der Waals surface area (Å²) in [6, 6.07) is 0. The smallest absolute Gasteiger partial charge is 0.448 e. The van der Waals surface area contributed by atoms with Crippen LogP contribution in [0.2, 0.25) is 0 Å². The van der Waals surface area contributed by atoms with E-state index in [0.717, 1.165) is 6.26 Å². The van der Waals surface area contributed by atoms with Gasteiger partial charge in [-0.15, -0.1) is 0 Å². The van der Waals surface area contributed by atoms with Crippen molar-refractivity contribution in [3.8, 4) is 0 Å². The van der Waals surface area contributed by atoms with Gasteiger partial charge in [0, 0.05) is 26.2 Å². The molecular formula is C6H13BF3N2O2S-. The van der Waals surface area contributed by atoms with Crippen LogP contribution in [0.3, 0.4) is 0 Å². The zero-order chi connectivity index (χ0) is 11.7. The minimum Gasteiger partial charge on any atom is -0.448 e. The van der Waals surface area contributed by atoms with Gasteiger partial charge in [0.15, 0.2) is 0 Å². The number of hydrogen-bond donors (Lipinski definition) is 0. The number of rotatable bonds is 3. The van der Waals surface area contributed by atoms with Crippen molar-refractivity contribution in [3.63, 3.8) is 0 Å². The second kappa shape index (κ2) is 4.30. The molecule has 1 rings (SSSR count). The Morgan fingerprint density at radius 2 is 1.60 bits per heavy atom. The maximum Gasteiger partial charge on any atom is 0.492 e. The zero-order valence-electron chi connectivity index (χ0n) is 8.37. The fourth-order valence-electron chi connectivity index (χ4n) is 1.54. The molecule has 0 amide bonds. The van der Waals surface area contributed by atoms with Gasteiger partial charge in [0.2, 0.25) is 10.0 Å². The third-order valence-electron chi connectivity index (χ3n) is 2.27. The lowest BCUT2D eigenvalue weighted by Gasteiger charge is -2.35. The van der Waals surface area contributed by atoms with E-state index < -0.39 is 23.4 Å². The molecule has 90 valence electrons. The fourth-order valence-corrected chi connectivity index (χ4v) is 2.36. The third kappa shape index (κ3) is 4.39. The maximum atomic E-state index is 12.1. The predicted octanol–water partition coefficient (Wildman–Crippen LogP) is -0.0498. The van der Waals surface area contributed by atoms with Crippen LogP contribution in [0, 0.1) is 0 Å². The first-order valence-electron chi connectivity index (χ1n) is 4.57. The van der Waals surface area contributed by atoms with Crippen molar-refractivity contribution in [2.45, 2.75) is 0 Å². The van der Waals surface area contributed by atoms with E-state index in [9.17, 15) is 21.4 Å². The molecule has 1 saturated heterocycles. The molecule has 0 saturated carbocycles. The molecule has 1 aliphatic heterocycles. The summed E-state index contributed by atoms with van der Waals surface area (Å²) in [6.45, 7) is -4.24. The molecule has 0 aromatic heterocycles. The number of nitrogens with zero attached hydrogens (tertiary/aromatic N) is 2. The van der Waals surface area contributed by atoms with Gasteiger partial charge in [-0.05, 0) is 6.44 Å². The Balaban J connectivity index is 2.43. The minimum atomic E-state index is -4.82. The van der Waals surface area contributed by atoms with E-state index in [-0.39, 0.29) is 26.2 Å². The summed E-state index contributed by atoms with van der Waals surface area (Å²) in [4.78, 5) is 1.24. The lowest BCUT2D eigenvalue weighted by atomic mass is 9.91. The van der Waals surface area contributed by atoms with Crippen LogP contribution in [0.15, 0.2) is 0 Å². The summed E-state index contributed by atoms with van der Waals surface area (Å²) in [5.41, 5.74) is 0. The standard InChI is InChI=1S/C6H13BF3N2O2S/c1-15(13,14)12-4-2-11(3-5-12)6-7(8,9)10/h2-6H2,1H3/q-1. The molecule has 0 radical (unpaired) electrons. The van der Waals surface area contributed by atoms with E-state index in [1.807, 2.05) is 0 Å². The first kappa shape index (κ1) is 12.8. The normalized spacial score (nSPS) is 21.9. The van der Waals surface area contributed by atoms with Crippen molar-refractivity contribution in [2.24, 2.45) is 0 Å². The highest BCUT2D eigenvalue weighted by molar-refractivity contribution is 7.88. The van der Waals surface area contributed by atoms with Crippen LogP contribution >= 0.6 is 0 Å². The summed E-state index contributed by atoms with van der Waals surface area (Å²) in [7, 11) is -3.26. The zero-order valence-corrected chi connectivity index (χ0v) is 9.18. The first-order valence-corrected chi connectivity index (χ1v) is 6.42. The molecule has 1 aliphatic rings. The summed E-state index contributed by atoms with van der Waals surface area (Å²) in [5, 5.41) is 0. The lowest BCUT2D eigenvalue weighted by Crippen LogP contribution is -2.51. The predicted molar refractivity (Wildman–Crippen MR) is 51.9 cm³/mol. The molecule has 1 fully saturated rings. The van der Waals surface area contributed by atoms with Crippen molar-refractivity contribution in [3.05, 3.63) is 0 Å². The Labute approximate surface area is 87.1 Å². The van der Waals surface area contributed by atoms with Gasteiger partial charge in [0.25, 0.3) is 0 Å². The lowest BCUT2D eigenvalue weighted by molar-refractivity contribution is 0.197. The van der Waals surface area contributed by atoms with Crippen LogP contribution in [-0.2, 0) is 10.0 Å². The van der Waals surface area contributed by atoms with Gasteiger partial charge in [-0.3, -0.25) is 0 Å². The number of sulfonamides is 1. The minimum absolute atomic E-state index is 0.144. The number of halogens is 3. The van der Waals surface area contributed by atoms with E-state index in [1.54, 1.807) is 0 Å². The van der Waals surface area contributed by atoms with E-state index >= 15 is 0 Å². The Morgan fingerprint density at radius 1 is 1.13 bits per heavy atom. The van der Waals surface area contributed by atoms with Crippen LogP contribution < -0.4 is 0 Å². The highest BCUT2D eigenvalue weighted by atomic mass is 32.2. The quantitative estimate of drug-likeness (QED) is 0.654. The Morgan fingerprint density at radius 3 is 1.93 bits per heavy atom. The highest BCUT2D eigenvalue weighted by Crippen LogP contribution is 2.13.